The first kappa shape index (κ1) is 15.8. The summed E-state index contributed by atoms with van der Waals surface area (Å²) in [4.78, 5) is 23.0. The number of aromatic carboxylic acids is 1. The van der Waals surface area contributed by atoms with Gasteiger partial charge in [-0.25, -0.2) is 4.79 Å². The molecule has 7 heteroatoms. The lowest BCUT2D eigenvalue weighted by Crippen LogP contribution is -2.13. The minimum absolute atomic E-state index is 0.0311. The van der Waals surface area contributed by atoms with Crippen molar-refractivity contribution in [2.75, 3.05) is 5.32 Å². The van der Waals surface area contributed by atoms with E-state index in [4.69, 9.17) is 28.3 Å². The van der Waals surface area contributed by atoms with Crippen LogP contribution in [-0.2, 0) is 0 Å². The van der Waals surface area contributed by atoms with Gasteiger partial charge in [-0.05, 0) is 52.3 Å². The van der Waals surface area contributed by atoms with Gasteiger partial charge in [-0.15, -0.1) is 0 Å². The third-order valence-electron chi connectivity index (χ3n) is 2.64. The topological polar surface area (TPSA) is 66.4 Å². The van der Waals surface area contributed by atoms with Gasteiger partial charge in [0, 0.05) is 10.0 Å². The number of carboxylic acid groups (broad SMARTS) is 1. The van der Waals surface area contributed by atoms with Crippen molar-refractivity contribution in [2.24, 2.45) is 0 Å². The molecule has 0 fully saturated rings. The summed E-state index contributed by atoms with van der Waals surface area (Å²) in [6.07, 6.45) is 0. The molecule has 2 aromatic carbocycles. The second-order valence-electron chi connectivity index (χ2n) is 4.08. The maximum absolute atomic E-state index is 12.1. The molecule has 108 valence electrons. The van der Waals surface area contributed by atoms with E-state index < -0.39 is 11.9 Å². The molecular weight excluding hydrogens is 381 g/mol. The molecule has 0 atom stereocenters. The Morgan fingerprint density at radius 3 is 2.29 bits per heavy atom. The third-order valence-corrected chi connectivity index (χ3v) is 4.21. The molecule has 21 heavy (non-hydrogen) atoms. The summed E-state index contributed by atoms with van der Waals surface area (Å²) in [6, 6.07) is 8.79. The zero-order valence-corrected chi connectivity index (χ0v) is 13.5. The Morgan fingerprint density at radius 1 is 1.00 bits per heavy atom. The van der Waals surface area contributed by atoms with E-state index in [1.54, 1.807) is 12.1 Å². The van der Waals surface area contributed by atoms with Crippen LogP contribution in [0.25, 0.3) is 0 Å². The first-order chi connectivity index (χ1) is 9.88. The number of hydrogen-bond donors (Lipinski definition) is 2. The average Bonchev–Trinajstić information content (AvgIpc) is 2.43. The highest BCUT2D eigenvalue weighted by Crippen LogP contribution is 2.26. The largest absolute Gasteiger partial charge is 0.478 e. The fourth-order valence-electron chi connectivity index (χ4n) is 1.59. The Balaban J connectivity index is 2.28. The van der Waals surface area contributed by atoms with Gasteiger partial charge < -0.3 is 10.4 Å². The quantitative estimate of drug-likeness (QED) is 0.800. The molecule has 0 aliphatic rings. The van der Waals surface area contributed by atoms with Crippen LogP contribution >= 0.6 is 39.1 Å². The van der Waals surface area contributed by atoms with Crippen molar-refractivity contribution in [2.45, 2.75) is 0 Å². The van der Waals surface area contributed by atoms with Gasteiger partial charge in [0.25, 0.3) is 5.91 Å². The molecule has 2 N–H and O–H groups in total. The maximum Gasteiger partial charge on any atom is 0.335 e. The Labute approximate surface area is 138 Å². The van der Waals surface area contributed by atoms with Gasteiger partial charge in [0.1, 0.15) is 0 Å². The van der Waals surface area contributed by atoms with E-state index in [1.807, 2.05) is 0 Å². The minimum atomic E-state index is -1.10. The standard InChI is InChI=1S/C14H8BrCl2NO3/c15-9-3-1-7(5-11(9)17)13(19)18-12-6-8(14(20)21)2-4-10(12)16/h1-6H,(H,18,19)(H,20,21). The van der Waals surface area contributed by atoms with Crippen molar-refractivity contribution in [3.8, 4) is 0 Å². The Kier molecular flexibility index (Phi) is 4.88. The molecule has 0 heterocycles. The number of hydrogen-bond acceptors (Lipinski definition) is 2. The van der Waals surface area contributed by atoms with E-state index in [0.29, 0.717) is 15.1 Å². The predicted octanol–water partition coefficient (Wildman–Crippen LogP) is 4.71. The number of carbonyl (C=O) groups excluding carboxylic acids is 1. The number of benzene rings is 2. The molecule has 0 aliphatic heterocycles. The summed E-state index contributed by atoms with van der Waals surface area (Å²) < 4.78 is 0.673. The van der Waals surface area contributed by atoms with Crippen LogP contribution in [0.5, 0.6) is 0 Å². The molecule has 0 aromatic heterocycles. The molecule has 1 amide bonds. The van der Waals surface area contributed by atoms with E-state index in [1.165, 1.54) is 24.3 Å². The van der Waals surface area contributed by atoms with Gasteiger partial charge in [0.2, 0.25) is 0 Å². The van der Waals surface area contributed by atoms with E-state index >= 15 is 0 Å². The number of carbonyl (C=O) groups is 2. The first-order valence-electron chi connectivity index (χ1n) is 5.67. The summed E-state index contributed by atoms with van der Waals surface area (Å²) in [7, 11) is 0. The van der Waals surface area contributed by atoms with Crippen molar-refractivity contribution in [1.29, 1.82) is 0 Å². The van der Waals surface area contributed by atoms with Crippen LogP contribution < -0.4 is 5.32 Å². The highest BCUT2D eigenvalue weighted by molar-refractivity contribution is 9.10. The molecule has 0 bridgehead atoms. The van der Waals surface area contributed by atoms with Gasteiger partial charge in [-0.2, -0.15) is 0 Å². The number of anilines is 1. The lowest BCUT2D eigenvalue weighted by Gasteiger charge is -2.09. The Hall–Kier alpha value is -1.56. The molecule has 0 saturated heterocycles. The van der Waals surface area contributed by atoms with Crippen LogP contribution in [0.4, 0.5) is 5.69 Å². The van der Waals surface area contributed by atoms with Crippen LogP contribution in [0, 0.1) is 0 Å². The van der Waals surface area contributed by atoms with E-state index in [9.17, 15) is 9.59 Å². The molecule has 0 aliphatic carbocycles. The summed E-state index contributed by atoms with van der Waals surface area (Å²) in [5.74, 6) is -1.54. The molecule has 0 radical (unpaired) electrons. The van der Waals surface area contributed by atoms with Gasteiger partial charge in [0.05, 0.1) is 21.3 Å². The molecule has 4 nitrogen and oxygen atoms in total. The minimum Gasteiger partial charge on any atom is -0.478 e. The number of carboxylic acids is 1. The number of amides is 1. The second kappa shape index (κ2) is 6.47. The maximum atomic E-state index is 12.1. The van der Waals surface area contributed by atoms with Crippen LogP contribution in [0.15, 0.2) is 40.9 Å². The van der Waals surface area contributed by atoms with Crippen molar-refractivity contribution in [3.05, 3.63) is 62.0 Å². The highest BCUT2D eigenvalue weighted by atomic mass is 79.9. The molecular formula is C14H8BrCl2NO3. The lowest BCUT2D eigenvalue weighted by atomic mass is 10.1. The van der Waals surface area contributed by atoms with Crippen molar-refractivity contribution in [1.82, 2.24) is 0 Å². The summed E-state index contributed by atoms with van der Waals surface area (Å²) in [5.41, 5.74) is 0.587. The lowest BCUT2D eigenvalue weighted by molar-refractivity contribution is 0.0696. The molecule has 0 spiro atoms. The summed E-state index contributed by atoms with van der Waals surface area (Å²) in [6.45, 7) is 0. The number of nitrogens with one attached hydrogen (secondary N) is 1. The highest BCUT2D eigenvalue weighted by Gasteiger charge is 2.12. The second-order valence-corrected chi connectivity index (χ2v) is 5.75. The first-order valence-corrected chi connectivity index (χ1v) is 7.22. The number of rotatable bonds is 3. The normalized spacial score (nSPS) is 10.2. The average molecular weight is 389 g/mol. The SMILES string of the molecule is O=C(O)c1ccc(Cl)c(NC(=O)c2ccc(Br)c(Cl)c2)c1. The van der Waals surface area contributed by atoms with Gasteiger partial charge in [-0.3, -0.25) is 4.79 Å². The van der Waals surface area contributed by atoms with Crippen LogP contribution in [0.1, 0.15) is 20.7 Å². The van der Waals surface area contributed by atoms with E-state index in [0.717, 1.165) is 0 Å². The monoisotopic (exact) mass is 387 g/mol. The molecule has 0 saturated carbocycles. The molecule has 0 unspecified atom stereocenters. The van der Waals surface area contributed by atoms with Crippen LogP contribution in [0.3, 0.4) is 0 Å². The van der Waals surface area contributed by atoms with E-state index in [-0.39, 0.29) is 16.3 Å². The van der Waals surface area contributed by atoms with Gasteiger partial charge in [-0.1, -0.05) is 23.2 Å². The van der Waals surface area contributed by atoms with Crippen molar-refractivity contribution < 1.29 is 14.7 Å². The van der Waals surface area contributed by atoms with Gasteiger partial charge in [0.15, 0.2) is 0 Å². The number of halogens is 3. The fourth-order valence-corrected chi connectivity index (χ4v) is 2.18. The van der Waals surface area contributed by atoms with Crippen LogP contribution in [-0.4, -0.2) is 17.0 Å². The smallest absolute Gasteiger partial charge is 0.335 e. The van der Waals surface area contributed by atoms with Crippen LogP contribution in [0.2, 0.25) is 10.0 Å². The Morgan fingerprint density at radius 2 is 1.67 bits per heavy atom. The van der Waals surface area contributed by atoms with E-state index in [2.05, 4.69) is 21.2 Å². The summed E-state index contributed by atoms with van der Waals surface area (Å²) in [5, 5.41) is 12.1. The predicted molar refractivity (Wildman–Crippen MR) is 85.5 cm³/mol. The molecule has 2 rings (SSSR count). The zero-order chi connectivity index (χ0) is 15.6. The van der Waals surface area contributed by atoms with Gasteiger partial charge >= 0.3 is 5.97 Å². The zero-order valence-electron chi connectivity index (χ0n) is 10.4. The Bertz CT molecular complexity index is 734. The molecule has 2 aromatic rings. The van der Waals surface area contributed by atoms with Crippen molar-refractivity contribution in [3.63, 3.8) is 0 Å². The summed E-state index contributed by atoms with van der Waals surface area (Å²) >= 11 is 15.1. The fraction of sp³-hybridized carbons (Fsp3) is 0. The third kappa shape index (κ3) is 3.75. The van der Waals surface area contributed by atoms with Crippen molar-refractivity contribution >= 4 is 56.7 Å².